The van der Waals surface area contributed by atoms with Crippen LogP contribution in [-0.4, -0.2) is 22.8 Å². The van der Waals surface area contributed by atoms with E-state index in [-0.39, 0.29) is 5.91 Å². The van der Waals surface area contributed by atoms with Crippen LogP contribution in [0.5, 0.6) is 5.75 Å². The summed E-state index contributed by atoms with van der Waals surface area (Å²) in [7, 11) is 1.64. The number of amides is 1. The Labute approximate surface area is 206 Å². The molecule has 2 aromatic heterocycles. The molecule has 0 saturated carbocycles. The van der Waals surface area contributed by atoms with E-state index in [1.54, 1.807) is 7.11 Å². The highest BCUT2D eigenvalue weighted by Crippen LogP contribution is 2.36. The van der Waals surface area contributed by atoms with Crippen LogP contribution in [0.4, 0.5) is 0 Å². The first-order valence-corrected chi connectivity index (χ1v) is 12.0. The second kappa shape index (κ2) is 9.33. The third kappa shape index (κ3) is 4.30. The summed E-state index contributed by atoms with van der Waals surface area (Å²) in [5.74, 6) is 0.544. The minimum absolute atomic E-state index is 0.201. The Kier molecular flexibility index (Phi) is 6.09. The molecule has 34 heavy (non-hydrogen) atoms. The number of benzene rings is 3. The molecular weight excluding hydrogens is 466 g/mol. The van der Waals surface area contributed by atoms with E-state index in [1.807, 2.05) is 90.6 Å². The number of carbonyl (C=O) groups excluding carboxylic acids is 1. The van der Waals surface area contributed by atoms with Gasteiger partial charge in [-0.05, 0) is 42.8 Å². The van der Waals surface area contributed by atoms with E-state index in [9.17, 15) is 4.79 Å². The lowest BCUT2D eigenvalue weighted by atomic mass is 10.1. The summed E-state index contributed by atoms with van der Waals surface area (Å²) in [4.78, 5) is 13.6. The molecule has 0 saturated heterocycles. The molecule has 1 amide bonds. The number of fused-ring (bicyclic) bond motifs is 1. The van der Waals surface area contributed by atoms with Crippen molar-refractivity contribution in [2.75, 3.05) is 7.11 Å². The second-order valence-corrected chi connectivity index (χ2v) is 9.37. The van der Waals surface area contributed by atoms with Crippen LogP contribution < -0.4 is 10.1 Å². The zero-order chi connectivity index (χ0) is 23.7. The van der Waals surface area contributed by atoms with Crippen LogP contribution in [0.15, 0.2) is 79.0 Å². The summed E-state index contributed by atoms with van der Waals surface area (Å²) in [6.45, 7) is 2.33. The van der Waals surface area contributed by atoms with E-state index < -0.39 is 0 Å². The van der Waals surface area contributed by atoms with Gasteiger partial charge in [-0.3, -0.25) is 4.79 Å². The molecule has 170 valence electrons. The van der Waals surface area contributed by atoms with Crippen molar-refractivity contribution in [2.24, 2.45) is 0 Å². The topological polar surface area (TPSA) is 56.1 Å². The Morgan fingerprint density at radius 2 is 1.91 bits per heavy atom. The van der Waals surface area contributed by atoms with Crippen molar-refractivity contribution in [1.82, 2.24) is 15.1 Å². The van der Waals surface area contributed by atoms with E-state index in [0.717, 1.165) is 43.9 Å². The number of hydrogen-bond donors (Lipinski definition) is 1. The van der Waals surface area contributed by atoms with Crippen molar-refractivity contribution in [3.8, 4) is 22.7 Å². The van der Waals surface area contributed by atoms with Crippen molar-refractivity contribution >= 4 is 38.9 Å². The van der Waals surface area contributed by atoms with Crippen molar-refractivity contribution in [1.29, 1.82) is 0 Å². The number of nitrogens with one attached hydrogen (secondary N) is 1. The summed E-state index contributed by atoms with van der Waals surface area (Å²) >= 11 is 7.96. The minimum atomic E-state index is -0.201. The molecule has 0 aliphatic rings. The molecule has 0 unspecified atom stereocenters. The molecule has 2 heterocycles. The highest BCUT2D eigenvalue weighted by atomic mass is 35.5. The standard InChI is InChI=1S/C27H22ClN3O2S/c1-17-11-12-22-23(13-17)34-26(24(22)28)27(32)29-15-19-16-31(20-8-4-3-5-9-20)30-25(19)18-7-6-10-21(14-18)33-2/h3-14,16H,15H2,1-2H3,(H,29,32). The van der Waals surface area contributed by atoms with E-state index in [1.165, 1.54) is 11.3 Å². The maximum absolute atomic E-state index is 13.1. The number of carbonyl (C=O) groups is 1. The van der Waals surface area contributed by atoms with Gasteiger partial charge in [0.1, 0.15) is 10.6 Å². The summed E-state index contributed by atoms with van der Waals surface area (Å²) < 4.78 is 8.23. The molecule has 0 spiro atoms. The third-order valence-electron chi connectivity index (χ3n) is 5.58. The lowest BCUT2D eigenvalue weighted by Gasteiger charge is -2.06. The lowest BCUT2D eigenvalue weighted by Crippen LogP contribution is -2.22. The molecule has 0 bridgehead atoms. The van der Waals surface area contributed by atoms with Crippen LogP contribution in [0.1, 0.15) is 20.8 Å². The van der Waals surface area contributed by atoms with Gasteiger partial charge >= 0.3 is 0 Å². The van der Waals surface area contributed by atoms with Crippen LogP contribution in [-0.2, 0) is 6.54 Å². The van der Waals surface area contributed by atoms with E-state index in [0.29, 0.717) is 16.4 Å². The largest absolute Gasteiger partial charge is 0.497 e. The average Bonchev–Trinajstić information content (AvgIpc) is 3.44. The maximum Gasteiger partial charge on any atom is 0.263 e. The van der Waals surface area contributed by atoms with Gasteiger partial charge in [0.05, 0.1) is 23.5 Å². The van der Waals surface area contributed by atoms with Gasteiger partial charge in [-0.25, -0.2) is 4.68 Å². The van der Waals surface area contributed by atoms with E-state index in [2.05, 4.69) is 5.32 Å². The summed E-state index contributed by atoms with van der Waals surface area (Å²) in [6, 6.07) is 23.6. The average molecular weight is 488 g/mol. The number of nitrogens with zero attached hydrogens (tertiary/aromatic N) is 2. The van der Waals surface area contributed by atoms with Crippen LogP contribution in [0.25, 0.3) is 27.0 Å². The van der Waals surface area contributed by atoms with Crippen molar-refractivity contribution in [2.45, 2.75) is 13.5 Å². The number of rotatable bonds is 6. The van der Waals surface area contributed by atoms with Gasteiger partial charge in [0.15, 0.2) is 0 Å². The van der Waals surface area contributed by atoms with Gasteiger partial charge in [0.25, 0.3) is 5.91 Å². The maximum atomic E-state index is 13.1. The molecule has 0 aliphatic heterocycles. The number of aryl methyl sites for hydroxylation is 1. The highest BCUT2D eigenvalue weighted by Gasteiger charge is 2.19. The monoisotopic (exact) mass is 487 g/mol. The van der Waals surface area contributed by atoms with E-state index in [4.69, 9.17) is 21.4 Å². The zero-order valence-electron chi connectivity index (χ0n) is 18.7. The van der Waals surface area contributed by atoms with Gasteiger partial charge in [-0.1, -0.05) is 54.1 Å². The predicted octanol–water partition coefficient (Wildman–Crippen LogP) is 6.65. The molecule has 1 N–H and O–H groups in total. The molecule has 7 heteroatoms. The number of thiophene rings is 1. The highest BCUT2D eigenvalue weighted by molar-refractivity contribution is 7.21. The van der Waals surface area contributed by atoms with Gasteiger partial charge in [-0.2, -0.15) is 5.10 Å². The van der Waals surface area contributed by atoms with Crippen molar-refractivity contribution in [3.05, 3.63) is 100 Å². The van der Waals surface area contributed by atoms with Crippen LogP contribution >= 0.6 is 22.9 Å². The lowest BCUT2D eigenvalue weighted by molar-refractivity contribution is 0.0955. The fourth-order valence-electron chi connectivity index (χ4n) is 3.84. The smallest absolute Gasteiger partial charge is 0.263 e. The summed E-state index contributed by atoms with van der Waals surface area (Å²) in [6.07, 6.45) is 1.94. The summed E-state index contributed by atoms with van der Waals surface area (Å²) in [5.41, 5.74) is 4.65. The number of hydrogen-bond acceptors (Lipinski definition) is 4. The molecule has 0 radical (unpaired) electrons. The predicted molar refractivity (Wildman–Crippen MR) is 138 cm³/mol. The Bertz CT molecular complexity index is 1490. The molecule has 5 rings (SSSR count). The number of para-hydroxylation sites is 1. The number of aromatic nitrogens is 2. The van der Waals surface area contributed by atoms with Crippen LogP contribution in [0.2, 0.25) is 5.02 Å². The Hall–Kier alpha value is -3.61. The number of halogens is 1. The number of ether oxygens (including phenoxy) is 1. The van der Waals surface area contributed by atoms with Gasteiger partial charge in [-0.15, -0.1) is 11.3 Å². The molecule has 0 atom stereocenters. The van der Waals surface area contributed by atoms with Gasteiger partial charge in [0, 0.05) is 34.0 Å². The van der Waals surface area contributed by atoms with Gasteiger partial charge < -0.3 is 10.1 Å². The van der Waals surface area contributed by atoms with Crippen molar-refractivity contribution in [3.63, 3.8) is 0 Å². The quantitative estimate of drug-likeness (QED) is 0.291. The normalized spacial score (nSPS) is 11.0. The second-order valence-electron chi connectivity index (χ2n) is 7.94. The van der Waals surface area contributed by atoms with Gasteiger partial charge in [0.2, 0.25) is 0 Å². The zero-order valence-corrected chi connectivity index (χ0v) is 20.3. The van der Waals surface area contributed by atoms with Crippen LogP contribution in [0.3, 0.4) is 0 Å². The molecule has 0 aliphatic carbocycles. The minimum Gasteiger partial charge on any atom is -0.497 e. The molecule has 3 aromatic carbocycles. The SMILES string of the molecule is COc1cccc(-c2nn(-c3ccccc3)cc2CNC(=O)c2sc3cc(C)ccc3c2Cl)c1. The fraction of sp³-hybridized carbons (Fsp3) is 0.111. The molecule has 5 nitrogen and oxygen atoms in total. The Morgan fingerprint density at radius 1 is 1.09 bits per heavy atom. The van der Waals surface area contributed by atoms with Crippen LogP contribution in [0, 0.1) is 6.92 Å². The molecule has 5 aromatic rings. The first-order valence-electron chi connectivity index (χ1n) is 10.8. The fourth-order valence-corrected chi connectivity index (χ4v) is 5.37. The Balaban J connectivity index is 1.47. The third-order valence-corrected chi connectivity index (χ3v) is 7.24. The summed E-state index contributed by atoms with van der Waals surface area (Å²) in [5, 5.41) is 9.25. The van der Waals surface area contributed by atoms with E-state index >= 15 is 0 Å². The molecule has 0 fully saturated rings. The first-order chi connectivity index (χ1) is 16.5. The number of methoxy groups -OCH3 is 1. The Morgan fingerprint density at radius 3 is 2.71 bits per heavy atom. The van der Waals surface area contributed by atoms with Crippen molar-refractivity contribution < 1.29 is 9.53 Å². The molecular formula is C27H22ClN3O2S. The first kappa shape index (κ1) is 22.2.